The Morgan fingerprint density at radius 2 is 1.44 bits per heavy atom. The first-order valence-corrected chi connectivity index (χ1v) is 20.1. The van der Waals surface area contributed by atoms with Crippen molar-refractivity contribution in [2.45, 2.75) is 98.2 Å². The normalized spacial score (nSPS) is 15.5. The van der Waals surface area contributed by atoms with Gasteiger partial charge in [0.05, 0.1) is 34.9 Å². The lowest BCUT2D eigenvalue weighted by Gasteiger charge is -2.30. The van der Waals surface area contributed by atoms with Crippen LogP contribution in [0.25, 0.3) is 0 Å². The third kappa shape index (κ3) is 10.4. The zero-order chi connectivity index (χ0) is 38.9. The van der Waals surface area contributed by atoms with Crippen molar-refractivity contribution in [3.63, 3.8) is 0 Å². The summed E-state index contributed by atoms with van der Waals surface area (Å²) in [6, 6.07) is 26.0. The molecule has 1 aliphatic heterocycles. The number of Topliss-reactive ketones (excluding diaryl/α,β-unsaturated/α-hetero) is 1. The molecule has 288 valence electrons. The van der Waals surface area contributed by atoms with E-state index in [0.29, 0.717) is 53.6 Å². The highest BCUT2D eigenvalue weighted by molar-refractivity contribution is 8.00. The van der Waals surface area contributed by atoms with Crippen molar-refractivity contribution in [2.75, 3.05) is 28.4 Å². The predicted molar refractivity (Wildman–Crippen MR) is 220 cm³/mol. The van der Waals surface area contributed by atoms with E-state index in [2.05, 4.69) is 57.2 Å². The lowest BCUT2D eigenvalue weighted by atomic mass is 9.89. The molecular weight excluding hydrogens is 717 g/mol. The zero-order valence-corrected chi connectivity index (χ0v) is 34.5. The van der Waals surface area contributed by atoms with Crippen LogP contribution >= 0.6 is 23.5 Å². The van der Waals surface area contributed by atoms with Crippen LogP contribution in [-0.4, -0.2) is 49.0 Å². The van der Waals surface area contributed by atoms with Gasteiger partial charge in [-0.1, -0.05) is 79.7 Å². The molecule has 0 amide bonds. The number of allylic oxidation sites excluding steroid dienone is 2. The van der Waals surface area contributed by atoms with Crippen molar-refractivity contribution < 1.29 is 33.6 Å². The molecule has 5 rings (SSSR count). The number of carbonyl (C=O) groups excluding carboxylic acids is 1. The molecule has 2 atom stereocenters. The molecule has 1 heterocycles. The molecule has 0 aliphatic carbocycles. The molecule has 1 aliphatic rings. The quantitative estimate of drug-likeness (QED) is 0.0604. The summed E-state index contributed by atoms with van der Waals surface area (Å²) < 4.78 is 30.2. The number of thioether (sulfide) groups is 2. The van der Waals surface area contributed by atoms with E-state index >= 15 is 0 Å². The minimum atomic E-state index is -1.06. The highest BCUT2D eigenvalue weighted by Crippen LogP contribution is 2.48. The molecule has 9 heteroatoms. The fourth-order valence-electron chi connectivity index (χ4n) is 6.99. The second-order valence-electron chi connectivity index (χ2n) is 14.4. The fraction of sp³-hybridized carbons (Fsp3) is 0.400. The van der Waals surface area contributed by atoms with Gasteiger partial charge in [-0.05, 0) is 82.7 Å². The van der Waals surface area contributed by atoms with Crippen molar-refractivity contribution in [3.05, 3.63) is 113 Å². The van der Waals surface area contributed by atoms with Gasteiger partial charge < -0.3 is 28.8 Å². The summed E-state index contributed by atoms with van der Waals surface area (Å²) in [4.78, 5) is 15.3. The lowest BCUT2D eigenvalue weighted by Crippen LogP contribution is -2.24. The van der Waals surface area contributed by atoms with Gasteiger partial charge >= 0.3 is 0 Å². The van der Waals surface area contributed by atoms with Crippen LogP contribution in [-0.2, 0) is 12.8 Å². The second-order valence-corrected chi connectivity index (χ2v) is 17.8. The number of rotatable bonds is 18. The number of aliphatic hydroxyl groups is 1. The van der Waals surface area contributed by atoms with E-state index in [1.165, 1.54) is 22.2 Å². The number of ether oxygens (including phenoxy) is 5. The van der Waals surface area contributed by atoms with Crippen LogP contribution in [0, 0.1) is 0 Å². The standard InChI is InChI=1S/C45H54O7S2/c1-30(16-15-26-44(2,3)53-31-17-11-9-12-18-31)21-22-34-33(23-24-37(48-5)42(34)50-7)39-28-36(46)41-40(52-39)29-38(49-6)35(43(41)51-8)25-27-45(4,47)54-32-19-13-10-14-20-32/h9-14,17-21,23-24,29,39,47H,15-16,22,25-28H2,1-8H3/t39-,45?/m0/s1. The first kappa shape index (κ1) is 41.1. The molecule has 7 nitrogen and oxygen atoms in total. The molecule has 54 heavy (non-hydrogen) atoms. The molecule has 4 aromatic rings. The van der Waals surface area contributed by atoms with Crippen molar-refractivity contribution in [1.82, 2.24) is 0 Å². The van der Waals surface area contributed by atoms with Crippen LogP contribution in [0.2, 0.25) is 0 Å². The van der Waals surface area contributed by atoms with Crippen LogP contribution in [0.4, 0.5) is 0 Å². The minimum Gasteiger partial charge on any atom is -0.496 e. The van der Waals surface area contributed by atoms with Gasteiger partial charge in [0, 0.05) is 37.3 Å². The summed E-state index contributed by atoms with van der Waals surface area (Å²) >= 11 is 3.31. The van der Waals surface area contributed by atoms with Gasteiger partial charge in [0.1, 0.15) is 33.8 Å². The summed E-state index contributed by atoms with van der Waals surface area (Å²) in [5, 5.41) is 11.3. The largest absolute Gasteiger partial charge is 0.496 e. The molecule has 0 saturated heterocycles. The van der Waals surface area contributed by atoms with Gasteiger partial charge in [0.15, 0.2) is 17.3 Å². The topological polar surface area (TPSA) is 83.5 Å². The van der Waals surface area contributed by atoms with Gasteiger partial charge in [-0.3, -0.25) is 4.79 Å². The highest BCUT2D eigenvalue weighted by Gasteiger charge is 2.36. The van der Waals surface area contributed by atoms with E-state index in [-0.39, 0.29) is 17.0 Å². The molecule has 0 radical (unpaired) electrons. The van der Waals surface area contributed by atoms with Crippen LogP contribution in [0.3, 0.4) is 0 Å². The van der Waals surface area contributed by atoms with Crippen molar-refractivity contribution in [1.29, 1.82) is 0 Å². The Kier molecular flexibility index (Phi) is 14.1. The Bertz CT molecular complexity index is 1900. The van der Waals surface area contributed by atoms with E-state index in [9.17, 15) is 9.90 Å². The molecule has 0 spiro atoms. The highest BCUT2D eigenvalue weighted by atomic mass is 32.2. The van der Waals surface area contributed by atoms with Gasteiger partial charge in [0.25, 0.3) is 0 Å². The minimum absolute atomic E-state index is 0.0872. The molecule has 0 bridgehead atoms. The Labute approximate surface area is 329 Å². The number of ketones is 1. The average molecular weight is 771 g/mol. The van der Waals surface area contributed by atoms with Crippen molar-refractivity contribution >= 4 is 29.3 Å². The molecule has 4 aromatic carbocycles. The second kappa shape index (κ2) is 18.5. The van der Waals surface area contributed by atoms with E-state index in [0.717, 1.165) is 40.8 Å². The smallest absolute Gasteiger partial charge is 0.174 e. The summed E-state index contributed by atoms with van der Waals surface area (Å²) in [5.41, 5.74) is 4.20. The lowest BCUT2D eigenvalue weighted by molar-refractivity contribution is 0.0842. The van der Waals surface area contributed by atoms with Crippen LogP contribution in [0.1, 0.15) is 93.0 Å². The molecular formula is C45H54O7S2. The van der Waals surface area contributed by atoms with E-state index in [4.69, 9.17) is 23.7 Å². The number of benzene rings is 4. The summed E-state index contributed by atoms with van der Waals surface area (Å²) in [6.45, 7) is 8.59. The Morgan fingerprint density at radius 3 is 2.06 bits per heavy atom. The Balaban J connectivity index is 1.36. The fourth-order valence-corrected chi connectivity index (χ4v) is 9.17. The zero-order valence-electron chi connectivity index (χ0n) is 32.8. The van der Waals surface area contributed by atoms with Crippen LogP contribution in [0.5, 0.6) is 28.7 Å². The molecule has 0 saturated carbocycles. The summed E-state index contributed by atoms with van der Waals surface area (Å²) in [5.74, 6) is 2.53. The molecule has 1 N–H and O–H groups in total. The third-order valence-electron chi connectivity index (χ3n) is 9.74. The maximum Gasteiger partial charge on any atom is 0.174 e. The van der Waals surface area contributed by atoms with Gasteiger partial charge in [-0.2, -0.15) is 0 Å². The molecule has 0 aromatic heterocycles. The van der Waals surface area contributed by atoms with Crippen LogP contribution in [0.15, 0.2) is 100 Å². The Morgan fingerprint density at radius 1 is 0.815 bits per heavy atom. The maximum absolute atomic E-state index is 14.1. The van der Waals surface area contributed by atoms with Crippen LogP contribution < -0.4 is 23.7 Å². The number of methoxy groups -OCH3 is 4. The number of hydrogen-bond donors (Lipinski definition) is 1. The van der Waals surface area contributed by atoms with Crippen molar-refractivity contribution in [3.8, 4) is 28.7 Å². The number of carbonyl (C=O) groups is 1. The van der Waals surface area contributed by atoms with Gasteiger partial charge in [0.2, 0.25) is 0 Å². The van der Waals surface area contributed by atoms with E-state index in [1.807, 2.05) is 54.2 Å². The summed E-state index contributed by atoms with van der Waals surface area (Å²) in [7, 11) is 6.42. The third-order valence-corrected chi connectivity index (χ3v) is 12.2. The van der Waals surface area contributed by atoms with Gasteiger partial charge in [-0.25, -0.2) is 0 Å². The monoisotopic (exact) mass is 770 g/mol. The average Bonchev–Trinajstić information content (AvgIpc) is 3.15. The Hall–Kier alpha value is -4.05. The maximum atomic E-state index is 14.1. The number of fused-ring (bicyclic) bond motifs is 1. The molecule has 1 unspecified atom stereocenters. The first-order chi connectivity index (χ1) is 25.9. The SMILES string of the molecule is COc1cc2c(c(OC)c1CCC(C)(O)Sc1ccccc1)C(=O)C[C@@H](c1ccc(OC)c(OC)c1CC=C(C)CCCC(C)(C)Sc1ccccc1)O2. The van der Waals surface area contributed by atoms with Crippen molar-refractivity contribution in [2.24, 2.45) is 0 Å². The summed E-state index contributed by atoms with van der Waals surface area (Å²) in [6.07, 6.45) is 6.38. The van der Waals surface area contributed by atoms with E-state index < -0.39 is 11.0 Å². The predicted octanol–water partition coefficient (Wildman–Crippen LogP) is 11.1. The first-order valence-electron chi connectivity index (χ1n) is 18.5. The van der Waals surface area contributed by atoms with E-state index in [1.54, 1.807) is 41.4 Å². The van der Waals surface area contributed by atoms with Gasteiger partial charge in [-0.15, -0.1) is 11.8 Å². The molecule has 0 fully saturated rings. The number of hydrogen-bond acceptors (Lipinski definition) is 9.